The van der Waals surface area contributed by atoms with Crippen molar-refractivity contribution in [3.8, 4) is 17.1 Å². The van der Waals surface area contributed by atoms with E-state index in [0.717, 1.165) is 11.3 Å². The fourth-order valence-electron chi connectivity index (χ4n) is 1.67. The van der Waals surface area contributed by atoms with E-state index < -0.39 is 0 Å². The van der Waals surface area contributed by atoms with E-state index >= 15 is 0 Å². The molecule has 1 unspecified atom stereocenters. The fraction of sp³-hybridized carbons (Fsp3) is 0.385. The van der Waals surface area contributed by atoms with Crippen LogP contribution < -0.4 is 10.5 Å². The largest absolute Gasteiger partial charge is 0.497 e. The van der Waals surface area contributed by atoms with Gasteiger partial charge in [-0.25, -0.2) is 0 Å². The van der Waals surface area contributed by atoms with E-state index in [1.54, 1.807) is 14.2 Å². The molecule has 0 fully saturated rings. The van der Waals surface area contributed by atoms with Gasteiger partial charge in [0, 0.05) is 19.2 Å². The average molecular weight is 263 g/mol. The quantitative estimate of drug-likeness (QED) is 0.844. The molecule has 19 heavy (non-hydrogen) atoms. The van der Waals surface area contributed by atoms with Crippen molar-refractivity contribution in [2.24, 2.45) is 5.73 Å². The first kappa shape index (κ1) is 13.5. The third-order valence-corrected chi connectivity index (χ3v) is 2.79. The van der Waals surface area contributed by atoms with Crippen LogP contribution in [0.5, 0.6) is 5.75 Å². The minimum atomic E-state index is -0.112. The van der Waals surface area contributed by atoms with Crippen molar-refractivity contribution >= 4 is 0 Å². The molecule has 0 aliphatic heterocycles. The second-order valence-electron chi connectivity index (χ2n) is 4.04. The summed E-state index contributed by atoms with van der Waals surface area (Å²) in [6.07, 6.45) is 0.392. The molecule has 1 atom stereocenters. The lowest BCUT2D eigenvalue weighted by Gasteiger charge is -2.08. The lowest BCUT2D eigenvalue weighted by Crippen LogP contribution is -2.24. The van der Waals surface area contributed by atoms with Gasteiger partial charge in [-0.15, -0.1) is 0 Å². The van der Waals surface area contributed by atoms with Crippen molar-refractivity contribution in [1.29, 1.82) is 0 Å². The van der Waals surface area contributed by atoms with E-state index in [0.29, 0.717) is 24.7 Å². The van der Waals surface area contributed by atoms with Gasteiger partial charge in [0.05, 0.1) is 19.6 Å². The van der Waals surface area contributed by atoms with Gasteiger partial charge in [0.25, 0.3) is 0 Å². The van der Waals surface area contributed by atoms with Gasteiger partial charge >= 0.3 is 0 Å². The van der Waals surface area contributed by atoms with Crippen LogP contribution >= 0.6 is 0 Å². The molecular weight excluding hydrogens is 246 g/mol. The van der Waals surface area contributed by atoms with Gasteiger partial charge in [-0.2, -0.15) is 4.98 Å². The van der Waals surface area contributed by atoms with E-state index in [1.165, 1.54) is 0 Å². The molecule has 0 saturated heterocycles. The van der Waals surface area contributed by atoms with Gasteiger partial charge < -0.3 is 19.7 Å². The highest BCUT2D eigenvalue weighted by molar-refractivity contribution is 5.56. The number of nitrogens with zero attached hydrogens (tertiary/aromatic N) is 2. The van der Waals surface area contributed by atoms with Crippen LogP contribution in [0.15, 0.2) is 28.8 Å². The molecule has 6 heteroatoms. The monoisotopic (exact) mass is 263 g/mol. The summed E-state index contributed by atoms with van der Waals surface area (Å²) in [7, 11) is 3.22. The first-order valence-electron chi connectivity index (χ1n) is 5.96. The second kappa shape index (κ2) is 6.31. The maximum atomic E-state index is 5.56. The Balaban J connectivity index is 2.15. The highest BCUT2D eigenvalue weighted by Crippen LogP contribution is 2.21. The van der Waals surface area contributed by atoms with Crippen LogP contribution in [-0.4, -0.2) is 37.0 Å². The van der Waals surface area contributed by atoms with Crippen LogP contribution in [0.3, 0.4) is 0 Å². The molecule has 0 aliphatic carbocycles. The Bertz CT molecular complexity index is 523. The lowest BCUT2D eigenvalue weighted by atomic mass is 10.2. The van der Waals surface area contributed by atoms with E-state index in [4.69, 9.17) is 19.7 Å². The van der Waals surface area contributed by atoms with Crippen LogP contribution in [-0.2, 0) is 11.2 Å². The van der Waals surface area contributed by atoms with E-state index in [-0.39, 0.29) is 6.10 Å². The molecule has 2 aromatic rings. The maximum absolute atomic E-state index is 5.56. The van der Waals surface area contributed by atoms with Crippen molar-refractivity contribution in [1.82, 2.24) is 10.1 Å². The highest BCUT2D eigenvalue weighted by Gasteiger charge is 2.14. The number of aromatic nitrogens is 2. The Kier molecular flexibility index (Phi) is 4.48. The third kappa shape index (κ3) is 3.30. The molecule has 0 saturated carbocycles. The van der Waals surface area contributed by atoms with E-state index in [1.807, 2.05) is 24.3 Å². The normalized spacial score (nSPS) is 12.4. The Morgan fingerprint density at radius 3 is 2.89 bits per heavy atom. The zero-order valence-corrected chi connectivity index (χ0v) is 11.0. The third-order valence-electron chi connectivity index (χ3n) is 2.79. The maximum Gasteiger partial charge on any atom is 0.229 e. The van der Waals surface area contributed by atoms with Crippen LogP contribution in [0, 0.1) is 0 Å². The van der Waals surface area contributed by atoms with Crippen LogP contribution in [0.2, 0.25) is 0 Å². The Labute approximate surface area is 111 Å². The average Bonchev–Trinajstić information content (AvgIpc) is 2.93. The van der Waals surface area contributed by atoms with E-state index in [9.17, 15) is 0 Å². The predicted octanol–water partition coefficient (Wildman–Crippen LogP) is 1.26. The molecule has 1 aromatic carbocycles. The van der Waals surface area contributed by atoms with Crippen molar-refractivity contribution in [3.63, 3.8) is 0 Å². The summed E-state index contributed by atoms with van der Waals surface area (Å²) in [6, 6.07) is 7.49. The number of hydrogen-bond donors (Lipinski definition) is 1. The van der Waals surface area contributed by atoms with Crippen molar-refractivity contribution in [2.75, 3.05) is 20.8 Å². The molecule has 1 aromatic heterocycles. The van der Waals surface area contributed by atoms with Gasteiger partial charge in [0.15, 0.2) is 0 Å². The molecule has 2 rings (SSSR count). The molecule has 2 N–H and O–H groups in total. The molecular formula is C13H17N3O3. The Morgan fingerprint density at radius 2 is 2.21 bits per heavy atom. The second-order valence-corrected chi connectivity index (χ2v) is 4.04. The summed E-state index contributed by atoms with van der Waals surface area (Å²) in [5.74, 6) is 1.79. The molecule has 0 amide bonds. The molecule has 0 spiro atoms. The fourth-order valence-corrected chi connectivity index (χ4v) is 1.67. The van der Waals surface area contributed by atoms with Crippen molar-refractivity contribution < 1.29 is 14.0 Å². The summed E-state index contributed by atoms with van der Waals surface area (Å²) in [5.41, 5.74) is 6.40. The predicted molar refractivity (Wildman–Crippen MR) is 69.8 cm³/mol. The van der Waals surface area contributed by atoms with Crippen LogP contribution in [0.25, 0.3) is 11.4 Å². The highest BCUT2D eigenvalue weighted by atomic mass is 16.5. The Hall–Kier alpha value is -1.92. The summed E-state index contributed by atoms with van der Waals surface area (Å²) in [6.45, 7) is 0.410. The number of rotatable bonds is 6. The zero-order chi connectivity index (χ0) is 13.7. The molecule has 102 valence electrons. The smallest absolute Gasteiger partial charge is 0.229 e. The molecule has 0 radical (unpaired) electrons. The zero-order valence-electron chi connectivity index (χ0n) is 11.0. The van der Waals surface area contributed by atoms with Crippen LogP contribution in [0.1, 0.15) is 5.89 Å². The number of benzene rings is 1. The SMILES string of the molecule is COc1cccc(-c2noc(CC(CN)OC)n2)c1. The van der Waals surface area contributed by atoms with Gasteiger partial charge in [0.1, 0.15) is 5.75 Å². The summed E-state index contributed by atoms with van der Waals surface area (Å²) in [5, 5.41) is 3.95. The van der Waals surface area contributed by atoms with Crippen molar-refractivity contribution in [2.45, 2.75) is 12.5 Å². The molecule has 6 nitrogen and oxygen atoms in total. The number of hydrogen-bond acceptors (Lipinski definition) is 6. The van der Waals surface area contributed by atoms with Crippen molar-refractivity contribution in [3.05, 3.63) is 30.2 Å². The van der Waals surface area contributed by atoms with Gasteiger partial charge in [0.2, 0.25) is 11.7 Å². The van der Waals surface area contributed by atoms with Gasteiger partial charge in [-0.05, 0) is 12.1 Å². The molecule has 0 aliphatic rings. The molecule has 0 bridgehead atoms. The number of methoxy groups -OCH3 is 2. The topological polar surface area (TPSA) is 83.4 Å². The van der Waals surface area contributed by atoms with E-state index in [2.05, 4.69) is 10.1 Å². The number of nitrogens with two attached hydrogens (primary N) is 1. The minimum Gasteiger partial charge on any atom is -0.497 e. The standard InChI is InChI=1S/C13H17N3O3/c1-17-10-5-3-4-9(6-10)13-15-12(19-16-13)7-11(8-14)18-2/h3-6,11H,7-8,14H2,1-2H3. The van der Waals surface area contributed by atoms with Gasteiger partial charge in [-0.3, -0.25) is 0 Å². The lowest BCUT2D eigenvalue weighted by molar-refractivity contribution is 0.102. The number of ether oxygens (including phenoxy) is 2. The Morgan fingerprint density at radius 1 is 1.37 bits per heavy atom. The summed E-state index contributed by atoms with van der Waals surface area (Å²) < 4.78 is 15.5. The summed E-state index contributed by atoms with van der Waals surface area (Å²) in [4.78, 5) is 4.32. The van der Waals surface area contributed by atoms with Gasteiger partial charge in [-0.1, -0.05) is 17.3 Å². The van der Waals surface area contributed by atoms with Crippen LogP contribution in [0.4, 0.5) is 0 Å². The summed E-state index contributed by atoms with van der Waals surface area (Å²) >= 11 is 0. The first-order valence-corrected chi connectivity index (χ1v) is 5.96. The molecule has 1 heterocycles. The first-order chi connectivity index (χ1) is 9.26. The minimum absolute atomic E-state index is 0.112.